The Morgan fingerprint density at radius 3 is 2.22 bits per heavy atom. The molecule has 1 saturated heterocycles. The number of carbonyl (C=O) groups excluding carboxylic acids is 1. The van der Waals surface area contributed by atoms with Gasteiger partial charge in [-0.15, -0.1) is 14.1 Å². The molecule has 1 aliphatic rings. The molecule has 0 bridgehead atoms. The Kier molecular flexibility index (Phi) is 5.16. The lowest BCUT2D eigenvalue weighted by molar-refractivity contribution is 0.0530. The molecule has 0 saturated carbocycles. The molecule has 1 aromatic carbocycles. The van der Waals surface area contributed by atoms with E-state index in [0.717, 1.165) is 18.8 Å². The van der Waals surface area contributed by atoms with Crippen LogP contribution in [0.5, 0.6) is 0 Å². The van der Waals surface area contributed by atoms with Crippen LogP contribution in [0.2, 0.25) is 0 Å². The summed E-state index contributed by atoms with van der Waals surface area (Å²) >= 11 is 0. The molecule has 0 aromatic heterocycles. The lowest BCUT2D eigenvalue weighted by Crippen LogP contribution is -2.51. The van der Waals surface area contributed by atoms with Crippen LogP contribution in [0.1, 0.15) is 20.8 Å². The molecular weight excluding hydrogens is 313 g/mol. The van der Waals surface area contributed by atoms with Gasteiger partial charge < -0.3 is 4.74 Å². The Balaban J connectivity index is 2.32. The average Bonchev–Trinajstić information content (AvgIpc) is 2.72. The predicted molar refractivity (Wildman–Crippen MR) is 94.7 cm³/mol. The number of hydrogen-bond acceptors (Lipinski definition) is 6. The van der Waals surface area contributed by atoms with Crippen molar-refractivity contribution in [2.45, 2.75) is 26.4 Å². The van der Waals surface area contributed by atoms with Crippen LogP contribution in [0.15, 0.2) is 30.3 Å². The molecule has 0 atom stereocenters. The van der Waals surface area contributed by atoms with Gasteiger partial charge in [-0.25, -0.2) is 4.79 Å². The normalized spacial score (nSPS) is 18.7. The molecule has 1 fully saturated rings. The maximum Gasteiger partial charge on any atom is 0.429 e. The Labute approximate surface area is 138 Å². The molecule has 1 aromatic rings. The maximum absolute atomic E-state index is 12.3. The third kappa shape index (κ3) is 3.93. The van der Waals surface area contributed by atoms with Gasteiger partial charge in [0.25, 0.3) is 0 Å². The highest BCUT2D eigenvalue weighted by Crippen LogP contribution is 2.62. The van der Waals surface area contributed by atoms with Crippen LogP contribution < -0.4 is 15.7 Å². The van der Waals surface area contributed by atoms with Gasteiger partial charge in [-0.1, -0.05) is 18.2 Å². The largest absolute Gasteiger partial charge is 0.443 e. The zero-order valence-corrected chi connectivity index (χ0v) is 15.4. The quantitative estimate of drug-likeness (QED) is 0.650. The Hall–Kier alpha value is -1.40. The molecule has 0 aliphatic carbocycles. The van der Waals surface area contributed by atoms with Crippen molar-refractivity contribution in [3.63, 3.8) is 0 Å². The summed E-state index contributed by atoms with van der Waals surface area (Å²) in [5.41, 5.74) is 9.86. The number of amides is 1. The molecule has 0 unspecified atom stereocenters. The fourth-order valence-corrected chi connectivity index (χ4v) is 5.02. The molecular formula is C15H27N5O2P+. The summed E-state index contributed by atoms with van der Waals surface area (Å²) in [5.74, 6) is 0. The number of nitrogens with one attached hydrogen (secondary N) is 1. The monoisotopic (exact) mass is 340 g/mol. The molecule has 23 heavy (non-hydrogen) atoms. The Morgan fingerprint density at radius 2 is 1.74 bits per heavy atom. The lowest BCUT2D eigenvalue weighted by atomic mass is 10.2. The highest BCUT2D eigenvalue weighted by Gasteiger charge is 2.56. The van der Waals surface area contributed by atoms with Gasteiger partial charge in [0.15, 0.2) is 0 Å². The van der Waals surface area contributed by atoms with Crippen molar-refractivity contribution in [1.29, 1.82) is 0 Å². The molecule has 1 amide bonds. The number of ether oxygens (including phenoxy) is 1. The first-order valence-corrected chi connectivity index (χ1v) is 9.32. The van der Waals surface area contributed by atoms with Gasteiger partial charge in [0.2, 0.25) is 0 Å². The zero-order chi connectivity index (χ0) is 17.3. The van der Waals surface area contributed by atoms with Crippen LogP contribution in [-0.4, -0.2) is 48.2 Å². The summed E-state index contributed by atoms with van der Waals surface area (Å²) in [6, 6.07) is 9.61. The number of benzene rings is 1. The van der Waals surface area contributed by atoms with E-state index < -0.39 is 19.6 Å². The number of rotatable bonds is 3. The summed E-state index contributed by atoms with van der Waals surface area (Å²) in [7, 11) is 1.59. The number of hydrogen-bond donors (Lipinski definition) is 2. The van der Waals surface area contributed by atoms with E-state index in [-0.39, 0.29) is 0 Å². The van der Waals surface area contributed by atoms with Crippen LogP contribution in [0.3, 0.4) is 0 Å². The van der Waals surface area contributed by atoms with Crippen molar-refractivity contribution in [2.75, 3.05) is 32.0 Å². The molecule has 1 aliphatic heterocycles. The summed E-state index contributed by atoms with van der Waals surface area (Å²) in [4.78, 5) is 12.3. The second kappa shape index (κ2) is 6.61. The highest BCUT2D eigenvalue weighted by molar-refractivity contribution is 7.70. The number of anilines is 1. The van der Waals surface area contributed by atoms with E-state index in [9.17, 15) is 4.79 Å². The predicted octanol–water partition coefficient (Wildman–Crippen LogP) is 2.45. The van der Waals surface area contributed by atoms with Crippen molar-refractivity contribution in [3.8, 4) is 0 Å². The fourth-order valence-electron chi connectivity index (χ4n) is 2.41. The van der Waals surface area contributed by atoms with E-state index in [4.69, 9.17) is 10.2 Å². The summed E-state index contributed by atoms with van der Waals surface area (Å²) in [6.07, 6.45) is -0.514. The fraction of sp³-hybridized carbons (Fsp3) is 0.533. The van der Waals surface area contributed by atoms with Crippen molar-refractivity contribution in [3.05, 3.63) is 30.3 Å². The van der Waals surface area contributed by atoms with Crippen LogP contribution in [-0.2, 0) is 4.74 Å². The number of nitrogens with two attached hydrogens (primary N) is 1. The molecule has 0 radical (unpaired) electrons. The first-order chi connectivity index (χ1) is 10.6. The van der Waals surface area contributed by atoms with E-state index in [2.05, 4.69) is 14.8 Å². The Bertz CT molecular complexity index is 539. The summed E-state index contributed by atoms with van der Waals surface area (Å²) in [6.45, 7) is 7.20. The zero-order valence-electron chi connectivity index (χ0n) is 14.5. The molecule has 2 rings (SSSR count). The lowest BCUT2D eigenvalue weighted by Gasteiger charge is -2.36. The minimum Gasteiger partial charge on any atom is -0.443 e. The first-order valence-electron chi connectivity index (χ1n) is 7.61. The molecule has 1 heterocycles. The standard InChI is InChI=1S/C15H26N5O2P/c1-15(2,3)22-14(21)17-20(13-9-7-6-8-10-13)23(16)18(4)11-12-19(23)5/h6-10H,11-12,16H2,1-5H3/p+1. The van der Waals surface area contributed by atoms with E-state index in [1.54, 1.807) is 4.78 Å². The number of likely N-dealkylation sites (N-methyl/N-ethyl adjacent to an activating group) is 2. The van der Waals surface area contributed by atoms with Gasteiger partial charge in [0.05, 0.1) is 13.1 Å². The van der Waals surface area contributed by atoms with Crippen LogP contribution in [0.25, 0.3) is 0 Å². The second-order valence-electron chi connectivity index (χ2n) is 6.64. The highest BCUT2D eigenvalue weighted by atomic mass is 31.2. The van der Waals surface area contributed by atoms with Crippen LogP contribution >= 0.6 is 7.87 Å². The molecule has 3 N–H and O–H groups in total. The number of carbonyl (C=O) groups is 1. The third-order valence-corrected chi connectivity index (χ3v) is 6.97. The van der Waals surface area contributed by atoms with Crippen LogP contribution in [0, 0.1) is 0 Å². The third-order valence-electron chi connectivity index (χ3n) is 3.64. The number of nitrogens with zero attached hydrogens (tertiary/aromatic N) is 3. The van der Waals surface area contributed by atoms with Crippen molar-refractivity contribution < 1.29 is 9.53 Å². The molecule has 0 spiro atoms. The SMILES string of the molecule is CN1CCN(C)[P+]1(N)N(NC(=O)OC(C)(C)C)c1ccccc1. The summed E-state index contributed by atoms with van der Waals surface area (Å²) < 4.78 is 11.3. The van der Waals surface area contributed by atoms with E-state index in [0.29, 0.717) is 0 Å². The van der Waals surface area contributed by atoms with Gasteiger partial charge in [-0.2, -0.15) is 10.9 Å². The Morgan fingerprint density at radius 1 is 1.22 bits per heavy atom. The van der Waals surface area contributed by atoms with E-state index >= 15 is 0 Å². The van der Waals surface area contributed by atoms with Crippen molar-refractivity contribution >= 4 is 19.6 Å². The number of hydrazine groups is 1. The molecule has 128 valence electrons. The average molecular weight is 340 g/mol. The minimum atomic E-state index is -2.37. The van der Waals surface area contributed by atoms with E-state index in [1.165, 1.54) is 0 Å². The van der Waals surface area contributed by atoms with Gasteiger partial charge in [0.1, 0.15) is 11.3 Å². The smallest absolute Gasteiger partial charge is 0.429 e. The van der Waals surface area contributed by atoms with Gasteiger partial charge >= 0.3 is 14.0 Å². The van der Waals surface area contributed by atoms with Crippen LogP contribution in [0.4, 0.5) is 10.5 Å². The number of para-hydroxylation sites is 1. The molecule has 8 heteroatoms. The topological polar surface area (TPSA) is 74.1 Å². The van der Waals surface area contributed by atoms with Crippen molar-refractivity contribution in [1.82, 2.24) is 14.8 Å². The van der Waals surface area contributed by atoms with Gasteiger partial charge in [0, 0.05) is 14.1 Å². The summed E-state index contributed by atoms with van der Waals surface area (Å²) in [5, 5.41) is 0. The van der Waals surface area contributed by atoms with E-state index in [1.807, 2.05) is 65.2 Å². The van der Waals surface area contributed by atoms with Crippen molar-refractivity contribution in [2.24, 2.45) is 5.50 Å². The van der Waals surface area contributed by atoms with Gasteiger partial charge in [-0.3, -0.25) is 0 Å². The minimum absolute atomic E-state index is 0.514. The molecule has 7 nitrogen and oxygen atoms in total. The maximum atomic E-state index is 12.3. The second-order valence-corrected chi connectivity index (χ2v) is 9.63. The van der Waals surface area contributed by atoms with Gasteiger partial charge in [-0.05, 0) is 32.9 Å². The first kappa shape index (κ1) is 17.9.